The Morgan fingerprint density at radius 2 is 1.37 bits per heavy atom. The highest BCUT2D eigenvalue weighted by Gasteiger charge is 2.42. The van der Waals surface area contributed by atoms with Crippen molar-refractivity contribution in [2.24, 2.45) is 0 Å². The van der Waals surface area contributed by atoms with E-state index in [1.807, 2.05) is 0 Å². The van der Waals surface area contributed by atoms with Crippen LogP contribution in [0.25, 0.3) is 0 Å². The molecule has 196 valence electrons. The Morgan fingerprint density at radius 1 is 0.816 bits per heavy atom. The van der Waals surface area contributed by atoms with Crippen LogP contribution in [0.5, 0.6) is 11.5 Å². The summed E-state index contributed by atoms with van der Waals surface area (Å²) in [6.45, 7) is 0. The smallest absolute Gasteiger partial charge is 0.414 e. The molecule has 1 atom stereocenters. The summed E-state index contributed by atoms with van der Waals surface area (Å²) in [6.07, 6.45) is -4.53. The maximum atomic E-state index is 14.6. The van der Waals surface area contributed by atoms with Crippen LogP contribution in [-0.4, -0.2) is 5.11 Å². The summed E-state index contributed by atoms with van der Waals surface area (Å²) in [6, 6.07) is 28.0. The van der Waals surface area contributed by atoms with E-state index < -0.39 is 25.1 Å². The van der Waals surface area contributed by atoms with Gasteiger partial charge in [-0.25, -0.2) is 4.57 Å². The fourth-order valence-electron chi connectivity index (χ4n) is 3.47. The molecule has 0 radical (unpaired) electrons. The van der Waals surface area contributed by atoms with Crippen molar-refractivity contribution in [3.8, 4) is 11.5 Å². The van der Waals surface area contributed by atoms with E-state index in [2.05, 4.69) is 10.6 Å². The molecular weight excluding hydrogens is 556 g/mol. The number of anilines is 1. The van der Waals surface area contributed by atoms with E-state index in [9.17, 15) is 17.7 Å². The molecular formula is C27H21ClF3N2O3PS. The topological polar surface area (TPSA) is 59.6 Å². The van der Waals surface area contributed by atoms with Crippen molar-refractivity contribution in [2.75, 3.05) is 5.32 Å². The van der Waals surface area contributed by atoms with Crippen LogP contribution in [0.15, 0.2) is 109 Å². The molecule has 0 saturated carbocycles. The van der Waals surface area contributed by atoms with Crippen LogP contribution in [0, 0.1) is 0 Å². The van der Waals surface area contributed by atoms with E-state index in [0.29, 0.717) is 5.56 Å². The first-order valence-electron chi connectivity index (χ1n) is 11.2. The molecule has 4 aromatic carbocycles. The molecule has 38 heavy (non-hydrogen) atoms. The van der Waals surface area contributed by atoms with Crippen LogP contribution >= 0.6 is 31.4 Å². The summed E-state index contributed by atoms with van der Waals surface area (Å²) in [7, 11) is -4.22. The minimum atomic E-state index is -4.53. The number of alkyl halides is 3. The average molecular weight is 577 g/mol. The molecule has 0 unspecified atom stereocenters. The molecule has 0 bridgehead atoms. The molecule has 0 fully saturated rings. The van der Waals surface area contributed by atoms with Gasteiger partial charge < -0.3 is 19.7 Å². The Bertz CT molecular complexity index is 1400. The fraction of sp³-hybridized carbons (Fsp3) is 0.0741. The van der Waals surface area contributed by atoms with Crippen LogP contribution in [-0.2, 0) is 10.7 Å². The largest absolute Gasteiger partial charge is 0.457 e. The molecule has 0 heterocycles. The van der Waals surface area contributed by atoms with Gasteiger partial charge in [0.15, 0.2) is 10.9 Å². The number of rotatable bonds is 8. The lowest BCUT2D eigenvalue weighted by Crippen LogP contribution is -2.34. The van der Waals surface area contributed by atoms with E-state index in [0.717, 1.165) is 12.1 Å². The SMILES string of the molecule is O=P(Oc1ccccc1)(Oc1ccccc1)[C@@H](NC(=S)Nc1cccc(C(F)(F)F)c1)c1ccccc1Cl. The van der Waals surface area contributed by atoms with Crippen LogP contribution < -0.4 is 19.7 Å². The number of hydrogen-bond acceptors (Lipinski definition) is 4. The quantitative estimate of drug-likeness (QED) is 0.162. The average Bonchev–Trinajstić information content (AvgIpc) is 2.88. The Labute approximate surface area is 228 Å². The lowest BCUT2D eigenvalue weighted by atomic mass is 10.2. The van der Waals surface area contributed by atoms with Crippen molar-refractivity contribution >= 4 is 42.2 Å². The summed E-state index contributed by atoms with van der Waals surface area (Å²) in [4.78, 5) is 0. The summed E-state index contributed by atoms with van der Waals surface area (Å²) in [5.74, 6) is -0.716. The molecule has 0 spiro atoms. The van der Waals surface area contributed by atoms with Gasteiger partial charge in [0.25, 0.3) is 0 Å². The fourth-order valence-corrected chi connectivity index (χ4v) is 6.05. The highest BCUT2D eigenvalue weighted by atomic mass is 35.5. The van der Waals surface area contributed by atoms with Gasteiger partial charge in [-0.3, -0.25) is 0 Å². The first-order valence-corrected chi connectivity index (χ1v) is 13.6. The van der Waals surface area contributed by atoms with Crippen molar-refractivity contribution in [1.29, 1.82) is 0 Å². The molecule has 0 aromatic heterocycles. The zero-order chi connectivity index (χ0) is 27.2. The number of nitrogens with one attached hydrogen (secondary N) is 2. The Hall–Kier alpha value is -3.52. The maximum absolute atomic E-state index is 14.6. The van der Waals surface area contributed by atoms with E-state index in [-0.39, 0.29) is 27.3 Å². The van der Waals surface area contributed by atoms with Gasteiger partial charge in [0, 0.05) is 16.3 Å². The molecule has 4 aromatic rings. The van der Waals surface area contributed by atoms with Gasteiger partial charge in [-0.05, 0) is 60.7 Å². The van der Waals surface area contributed by atoms with Gasteiger partial charge in [0.05, 0.1) is 5.56 Å². The summed E-state index contributed by atoms with van der Waals surface area (Å²) < 4.78 is 66.1. The summed E-state index contributed by atoms with van der Waals surface area (Å²) in [5, 5.41) is 5.75. The Morgan fingerprint density at radius 3 is 1.92 bits per heavy atom. The normalized spacial score (nSPS) is 12.3. The number of para-hydroxylation sites is 2. The van der Waals surface area contributed by atoms with Crippen LogP contribution in [0.2, 0.25) is 5.02 Å². The highest BCUT2D eigenvalue weighted by molar-refractivity contribution is 7.80. The van der Waals surface area contributed by atoms with Crippen molar-refractivity contribution in [1.82, 2.24) is 5.32 Å². The van der Waals surface area contributed by atoms with Gasteiger partial charge in [-0.15, -0.1) is 0 Å². The van der Waals surface area contributed by atoms with Crippen molar-refractivity contribution in [3.05, 3.63) is 125 Å². The van der Waals surface area contributed by atoms with Crippen molar-refractivity contribution < 1.29 is 26.8 Å². The second kappa shape index (κ2) is 11.9. The molecule has 5 nitrogen and oxygen atoms in total. The van der Waals surface area contributed by atoms with Crippen molar-refractivity contribution in [3.63, 3.8) is 0 Å². The molecule has 4 rings (SSSR count). The standard InChI is InChI=1S/C27H21ClF3N2O3PS/c28-24-17-8-7-16-23(24)25(33-26(38)32-20-11-9-10-19(18-20)27(29,30)31)37(34,35-21-12-3-1-4-13-21)36-22-14-5-2-6-15-22/h1-18,25H,(H2,32,33,38)/t25-/m1/s1. The third-order valence-corrected chi connectivity index (χ3v) is 7.72. The van der Waals surface area contributed by atoms with Gasteiger partial charge in [-0.2, -0.15) is 13.2 Å². The van der Waals surface area contributed by atoms with E-state index in [1.165, 1.54) is 12.1 Å². The maximum Gasteiger partial charge on any atom is 0.457 e. The zero-order valence-electron chi connectivity index (χ0n) is 19.6. The zero-order valence-corrected chi connectivity index (χ0v) is 22.0. The number of thiocarbonyl (C=S) groups is 1. The number of benzene rings is 4. The van der Waals surface area contributed by atoms with Gasteiger partial charge in [0.2, 0.25) is 0 Å². The molecule has 0 saturated heterocycles. The second-order valence-electron chi connectivity index (χ2n) is 7.95. The van der Waals surface area contributed by atoms with E-state index >= 15 is 0 Å². The van der Waals surface area contributed by atoms with E-state index in [1.54, 1.807) is 84.9 Å². The lowest BCUT2D eigenvalue weighted by molar-refractivity contribution is -0.137. The number of halogens is 4. The van der Waals surface area contributed by atoms with Gasteiger partial charge >= 0.3 is 13.8 Å². The summed E-state index contributed by atoms with van der Waals surface area (Å²) in [5.41, 5.74) is -0.422. The highest BCUT2D eigenvalue weighted by Crippen LogP contribution is 2.59. The molecule has 2 N–H and O–H groups in total. The Balaban J connectivity index is 1.72. The van der Waals surface area contributed by atoms with Gasteiger partial charge in [-0.1, -0.05) is 72.3 Å². The van der Waals surface area contributed by atoms with Crippen molar-refractivity contribution in [2.45, 2.75) is 12.0 Å². The molecule has 0 aliphatic rings. The van der Waals surface area contributed by atoms with Crippen LogP contribution in [0.3, 0.4) is 0 Å². The van der Waals surface area contributed by atoms with Crippen LogP contribution in [0.1, 0.15) is 16.9 Å². The first-order chi connectivity index (χ1) is 18.1. The van der Waals surface area contributed by atoms with Crippen LogP contribution in [0.4, 0.5) is 18.9 Å². The predicted octanol–water partition coefficient (Wildman–Crippen LogP) is 8.70. The summed E-state index contributed by atoms with van der Waals surface area (Å²) >= 11 is 11.9. The van der Waals surface area contributed by atoms with E-state index in [4.69, 9.17) is 32.9 Å². The molecule has 0 aliphatic carbocycles. The first kappa shape index (κ1) is 27.5. The molecule has 0 amide bonds. The minimum Gasteiger partial charge on any atom is -0.414 e. The minimum absolute atomic E-state index is 0.0815. The third kappa shape index (κ3) is 7.07. The Kier molecular flexibility index (Phi) is 8.62. The second-order valence-corrected chi connectivity index (χ2v) is 10.7. The monoisotopic (exact) mass is 576 g/mol. The number of hydrogen-bond donors (Lipinski definition) is 2. The van der Waals surface area contributed by atoms with Gasteiger partial charge in [0.1, 0.15) is 11.5 Å². The predicted molar refractivity (Wildman–Crippen MR) is 147 cm³/mol. The molecule has 0 aliphatic heterocycles. The lowest BCUT2D eigenvalue weighted by Gasteiger charge is -2.30. The third-order valence-electron chi connectivity index (χ3n) is 5.18. The molecule has 11 heteroatoms.